The van der Waals surface area contributed by atoms with E-state index in [0.717, 1.165) is 29.5 Å². The van der Waals surface area contributed by atoms with Crippen LogP contribution in [0.3, 0.4) is 0 Å². The Morgan fingerprint density at radius 3 is 2.62 bits per heavy atom. The SMILES string of the molecule is CCNCc1sc(COc2ccc(C)cc2)nc1COC. The highest BCUT2D eigenvalue weighted by Crippen LogP contribution is 2.21. The minimum absolute atomic E-state index is 0.497. The number of thiazole rings is 1. The first kappa shape index (κ1) is 15.9. The Labute approximate surface area is 130 Å². The van der Waals surface area contributed by atoms with Gasteiger partial charge in [-0.25, -0.2) is 4.98 Å². The molecular weight excluding hydrogens is 284 g/mol. The first-order valence-corrected chi connectivity index (χ1v) is 7.91. The summed E-state index contributed by atoms with van der Waals surface area (Å²) in [7, 11) is 1.69. The fourth-order valence-corrected chi connectivity index (χ4v) is 2.86. The summed E-state index contributed by atoms with van der Waals surface area (Å²) in [5.74, 6) is 0.873. The molecule has 0 fully saturated rings. The Balaban J connectivity index is 2.00. The van der Waals surface area contributed by atoms with Gasteiger partial charge in [-0.3, -0.25) is 0 Å². The minimum atomic E-state index is 0.497. The third-order valence-corrected chi connectivity index (χ3v) is 4.09. The fraction of sp³-hybridized carbons (Fsp3) is 0.438. The van der Waals surface area contributed by atoms with E-state index in [9.17, 15) is 0 Å². The molecule has 0 aliphatic heterocycles. The highest BCUT2D eigenvalue weighted by molar-refractivity contribution is 7.11. The zero-order chi connectivity index (χ0) is 15.1. The minimum Gasteiger partial charge on any atom is -0.486 e. The van der Waals surface area contributed by atoms with Crippen molar-refractivity contribution in [3.05, 3.63) is 45.4 Å². The van der Waals surface area contributed by atoms with Gasteiger partial charge < -0.3 is 14.8 Å². The van der Waals surface area contributed by atoms with Crippen LogP contribution >= 0.6 is 11.3 Å². The summed E-state index contributed by atoms with van der Waals surface area (Å²) < 4.78 is 11.0. The first-order valence-electron chi connectivity index (χ1n) is 7.09. The van der Waals surface area contributed by atoms with Crippen LogP contribution in [0.1, 0.15) is 28.1 Å². The molecule has 1 aromatic heterocycles. The lowest BCUT2D eigenvalue weighted by Crippen LogP contribution is -2.12. The fourth-order valence-electron chi connectivity index (χ4n) is 1.90. The van der Waals surface area contributed by atoms with E-state index in [1.165, 1.54) is 10.4 Å². The number of ether oxygens (including phenoxy) is 2. The summed E-state index contributed by atoms with van der Waals surface area (Å²) in [6, 6.07) is 8.06. The number of rotatable bonds is 8. The Kier molecular flexibility index (Phi) is 6.17. The average molecular weight is 306 g/mol. The van der Waals surface area contributed by atoms with E-state index < -0.39 is 0 Å². The van der Waals surface area contributed by atoms with Crippen molar-refractivity contribution >= 4 is 11.3 Å². The van der Waals surface area contributed by atoms with Gasteiger partial charge in [0.25, 0.3) is 0 Å². The Morgan fingerprint density at radius 2 is 1.95 bits per heavy atom. The third-order valence-electron chi connectivity index (χ3n) is 3.02. The van der Waals surface area contributed by atoms with Gasteiger partial charge in [-0.05, 0) is 25.6 Å². The van der Waals surface area contributed by atoms with Crippen molar-refractivity contribution in [2.24, 2.45) is 0 Å². The van der Waals surface area contributed by atoms with Gasteiger partial charge in [0, 0.05) is 18.5 Å². The van der Waals surface area contributed by atoms with Crippen LogP contribution in [0, 0.1) is 6.92 Å². The van der Waals surface area contributed by atoms with Gasteiger partial charge in [0.15, 0.2) is 0 Å². The van der Waals surface area contributed by atoms with E-state index in [1.807, 2.05) is 24.3 Å². The van der Waals surface area contributed by atoms with Gasteiger partial charge in [0.1, 0.15) is 17.4 Å². The number of nitrogens with one attached hydrogen (secondary N) is 1. The predicted molar refractivity (Wildman–Crippen MR) is 85.7 cm³/mol. The van der Waals surface area contributed by atoms with Crippen LogP contribution < -0.4 is 10.1 Å². The maximum Gasteiger partial charge on any atom is 0.140 e. The molecule has 1 N–H and O–H groups in total. The lowest BCUT2D eigenvalue weighted by Gasteiger charge is -2.03. The molecule has 1 aromatic carbocycles. The van der Waals surface area contributed by atoms with E-state index >= 15 is 0 Å². The summed E-state index contributed by atoms with van der Waals surface area (Å²) in [6.07, 6.45) is 0. The van der Waals surface area contributed by atoms with Crippen LogP contribution in [-0.4, -0.2) is 18.6 Å². The molecule has 0 unspecified atom stereocenters. The number of nitrogens with zero attached hydrogens (tertiary/aromatic N) is 1. The Morgan fingerprint density at radius 1 is 1.19 bits per heavy atom. The van der Waals surface area contributed by atoms with Crippen LogP contribution in [0.5, 0.6) is 5.75 Å². The second-order valence-electron chi connectivity index (χ2n) is 4.79. The molecule has 0 amide bonds. The first-order chi connectivity index (χ1) is 10.2. The number of aryl methyl sites for hydroxylation is 1. The molecule has 5 heteroatoms. The van der Waals surface area contributed by atoms with Crippen molar-refractivity contribution in [1.29, 1.82) is 0 Å². The molecule has 2 rings (SSSR count). The highest BCUT2D eigenvalue weighted by atomic mass is 32.1. The molecule has 4 nitrogen and oxygen atoms in total. The predicted octanol–water partition coefficient (Wildman–Crippen LogP) is 3.29. The van der Waals surface area contributed by atoms with Crippen molar-refractivity contribution in [3.63, 3.8) is 0 Å². The lowest BCUT2D eigenvalue weighted by atomic mass is 10.2. The second-order valence-corrected chi connectivity index (χ2v) is 5.96. The van der Waals surface area contributed by atoms with E-state index in [-0.39, 0.29) is 0 Å². The summed E-state index contributed by atoms with van der Waals surface area (Å²) in [4.78, 5) is 5.84. The molecule has 0 atom stereocenters. The van der Waals surface area contributed by atoms with Crippen LogP contribution in [0.2, 0.25) is 0 Å². The smallest absolute Gasteiger partial charge is 0.140 e. The standard InChI is InChI=1S/C16H22N2O2S/c1-4-17-9-15-14(10-19-3)18-16(21-15)11-20-13-7-5-12(2)6-8-13/h5-8,17H,4,9-11H2,1-3H3. The van der Waals surface area contributed by atoms with Gasteiger partial charge in [-0.1, -0.05) is 24.6 Å². The Hall–Kier alpha value is -1.43. The third kappa shape index (κ3) is 4.81. The maximum atomic E-state index is 5.78. The monoisotopic (exact) mass is 306 g/mol. The maximum absolute atomic E-state index is 5.78. The number of methoxy groups -OCH3 is 1. The summed E-state index contributed by atoms with van der Waals surface area (Å²) >= 11 is 1.68. The van der Waals surface area contributed by atoms with Crippen molar-refractivity contribution in [1.82, 2.24) is 10.3 Å². The van der Waals surface area contributed by atoms with Crippen molar-refractivity contribution in [3.8, 4) is 5.75 Å². The van der Waals surface area contributed by atoms with Crippen LogP contribution in [-0.2, 0) is 24.5 Å². The number of hydrogen-bond donors (Lipinski definition) is 1. The van der Waals surface area contributed by atoms with E-state index in [2.05, 4.69) is 24.1 Å². The van der Waals surface area contributed by atoms with Crippen LogP contribution in [0.15, 0.2) is 24.3 Å². The topological polar surface area (TPSA) is 43.4 Å². The lowest BCUT2D eigenvalue weighted by molar-refractivity contribution is 0.180. The highest BCUT2D eigenvalue weighted by Gasteiger charge is 2.11. The molecule has 0 saturated heterocycles. The summed E-state index contributed by atoms with van der Waals surface area (Å²) in [5.41, 5.74) is 2.23. The molecule has 0 saturated carbocycles. The molecule has 114 valence electrons. The van der Waals surface area contributed by atoms with Crippen molar-refractivity contribution in [2.75, 3.05) is 13.7 Å². The molecule has 0 radical (unpaired) electrons. The normalized spacial score (nSPS) is 10.8. The van der Waals surface area contributed by atoms with Gasteiger partial charge >= 0.3 is 0 Å². The van der Waals surface area contributed by atoms with E-state index in [0.29, 0.717) is 13.2 Å². The largest absolute Gasteiger partial charge is 0.486 e. The molecule has 0 spiro atoms. The number of hydrogen-bond acceptors (Lipinski definition) is 5. The zero-order valence-corrected chi connectivity index (χ0v) is 13.6. The molecular formula is C16H22N2O2S. The molecule has 1 heterocycles. The average Bonchev–Trinajstić information content (AvgIpc) is 2.87. The van der Waals surface area contributed by atoms with Crippen molar-refractivity contribution < 1.29 is 9.47 Å². The second kappa shape index (κ2) is 8.12. The number of aromatic nitrogens is 1. The molecule has 0 aliphatic rings. The van der Waals surface area contributed by atoms with E-state index in [4.69, 9.17) is 9.47 Å². The van der Waals surface area contributed by atoms with Crippen LogP contribution in [0.4, 0.5) is 0 Å². The van der Waals surface area contributed by atoms with Gasteiger partial charge in [0.05, 0.1) is 12.3 Å². The molecule has 0 aliphatic carbocycles. The Bertz CT molecular complexity index is 552. The van der Waals surface area contributed by atoms with Crippen LogP contribution in [0.25, 0.3) is 0 Å². The van der Waals surface area contributed by atoms with E-state index in [1.54, 1.807) is 18.4 Å². The summed E-state index contributed by atoms with van der Waals surface area (Å²) in [6.45, 7) is 6.97. The molecule has 21 heavy (non-hydrogen) atoms. The number of benzene rings is 1. The van der Waals surface area contributed by atoms with Gasteiger partial charge in [-0.15, -0.1) is 11.3 Å². The quantitative estimate of drug-likeness (QED) is 0.813. The molecule has 0 bridgehead atoms. The van der Waals surface area contributed by atoms with Gasteiger partial charge in [-0.2, -0.15) is 0 Å². The zero-order valence-electron chi connectivity index (χ0n) is 12.8. The summed E-state index contributed by atoms with van der Waals surface area (Å²) in [5, 5.41) is 4.31. The van der Waals surface area contributed by atoms with Gasteiger partial charge in [0.2, 0.25) is 0 Å². The van der Waals surface area contributed by atoms with Crippen molar-refractivity contribution in [2.45, 2.75) is 33.6 Å². The molecule has 2 aromatic rings.